The highest BCUT2D eigenvalue weighted by Gasteiger charge is 2.07. The van der Waals surface area contributed by atoms with E-state index < -0.39 is 6.09 Å². The lowest BCUT2D eigenvalue weighted by Crippen LogP contribution is -2.11. The Labute approximate surface area is 99.4 Å². The van der Waals surface area contributed by atoms with Crippen LogP contribution < -0.4 is 10.1 Å². The fourth-order valence-corrected chi connectivity index (χ4v) is 1.19. The van der Waals surface area contributed by atoms with Crippen LogP contribution in [0.15, 0.2) is 18.2 Å². The van der Waals surface area contributed by atoms with Crippen molar-refractivity contribution >= 4 is 11.8 Å². The van der Waals surface area contributed by atoms with Gasteiger partial charge in [-0.05, 0) is 18.2 Å². The Morgan fingerprint density at radius 1 is 1.47 bits per heavy atom. The van der Waals surface area contributed by atoms with Crippen LogP contribution in [-0.4, -0.2) is 32.0 Å². The third-order valence-corrected chi connectivity index (χ3v) is 1.93. The zero-order valence-electron chi connectivity index (χ0n) is 9.61. The van der Waals surface area contributed by atoms with E-state index in [1.165, 1.54) is 14.2 Å². The van der Waals surface area contributed by atoms with E-state index in [4.69, 9.17) is 9.84 Å². The fraction of sp³-hybridized carbons (Fsp3) is 0.250. The number of anilines is 1. The lowest BCUT2D eigenvalue weighted by Gasteiger charge is -2.09. The van der Waals surface area contributed by atoms with E-state index in [9.17, 15) is 4.79 Å². The number of amides is 1. The molecule has 0 bridgehead atoms. The molecule has 90 valence electrons. The fourth-order valence-electron chi connectivity index (χ4n) is 1.19. The molecular weight excluding hydrogens is 222 g/mol. The molecule has 0 unspecified atom stereocenters. The number of aliphatic hydroxyl groups is 1. The van der Waals surface area contributed by atoms with Crippen LogP contribution >= 0.6 is 0 Å². The van der Waals surface area contributed by atoms with Crippen molar-refractivity contribution in [3.8, 4) is 17.6 Å². The van der Waals surface area contributed by atoms with Gasteiger partial charge in [0.05, 0.1) is 19.9 Å². The van der Waals surface area contributed by atoms with Gasteiger partial charge in [-0.15, -0.1) is 0 Å². The van der Waals surface area contributed by atoms with Crippen LogP contribution in [0.2, 0.25) is 0 Å². The quantitative estimate of drug-likeness (QED) is 0.756. The van der Waals surface area contributed by atoms with Gasteiger partial charge in [-0.2, -0.15) is 0 Å². The number of nitrogens with one attached hydrogen (secondary N) is 1. The van der Waals surface area contributed by atoms with Crippen LogP contribution in [-0.2, 0) is 4.74 Å². The number of methoxy groups -OCH3 is 2. The van der Waals surface area contributed by atoms with Crippen molar-refractivity contribution < 1.29 is 19.4 Å². The molecule has 1 rings (SSSR count). The van der Waals surface area contributed by atoms with Crippen LogP contribution in [0.3, 0.4) is 0 Å². The first-order chi connectivity index (χ1) is 8.21. The van der Waals surface area contributed by atoms with Crippen molar-refractivity contribution in [2.24, 2.45) is 0 Å². The predicted octanol–water partition coefficient (Wildman–Crippen LogP) is 1.22. The smallest absolute Gasteiger partial charge is 0.411 e. The molecule has 0 aromatic heterocycles. The third-order valence-electron chi connectivity index (χ3n) is 1.93. The zero-order valence-corrected chi connectivity index (χ0v) is 9.61. The first-order valence-corrected chi connectivity index (χ1v) is 4.84. The van der Waals surface area contributed by atoms with Crippen molar-refractivity contribution in [3.05, 3.63) is 23.8 Å². The van der Waals surface area contributed by atoms with Gasteiger partial charge in [0.2, 0.25) is 0 Å². The highest BCUT2D eigenvalue weighted by Crippen LogP contribution is 2.25. The molecule has 0 aliphatic rings. The van der Waals surface area contributed by atoms with E-state index in [0.717, 1.165) is 0 Å². The number of hydrogen-bond acceptors (Lipinski definition) is 4. The second-order valence-electron chi connectivity index (χ2n) is 2.99. The minimum Gasteiger partial charge on any atom is -0.495 e. The molecule has 0 atom stereocenters. The minimum absolute atomic E-state index is 0.216. The Balaban J connectivity index is 3.01. The molecule has 17 heavy (non-hydrogen) atoms. The van der Waals surface area contributed by atoms with E-state index in [0.29, 0.717) is 17.0 Å². The molecule has 1 amide bonds. The molecule has 5 heteroatoms. The largest absolute Gasteiger partial charge is 0.495 e. The Kier molecular flexibility index (Phi) is 4.85. The van der Waals surface area contributed by atoms with Crippen LogP contribution in [0.4, 0.5) is 10.5 Å². The molecule has 0 radical (unpaired) electrons. The van der Waals surface area contributed by atoms with Gasteiger partial charge in [0.25, 0.3) is 0 Å². The summed E-state index contributed by atoms with van der Waals surface area (Å²) >= 11 is 0. The van der Waals surface area contributed by atoms with Crippen LogP contribution in [0.25, 0.3) is 0 Å². The molecule has 2 N–H and O–H groups in total. The summed E-state index contributed by atoms with van der Waals surface area (Å²) in [6.45, 7) is -0.216. The molecule has 0 aliphatic carbocycles. The van der Waals surface area contributed by atoms with E-state index in [2.05, 4.69) is 21.9 Å². The van der Waals surface area contributed by atoms with Gasteiger partial charge in [-0.25, -0.2) is 4.79 Å². The SMILES string of the molecule is COC(=O)Nc1cc(C#CCO)ccc1OC. The molecule has 1 aromatic carbocycles. The lowest BCUT2D eigenvalue weighted by molar-refractivity contribution is 0.187. The van der Waals surface area contributed by atoms with Gasteiger partial charge in [-0.1, -0.05) is 11.8 Å². The summed E-state index contributed by atoms with van der Waals surface area (Å²) in [6.07, 6.45) is -0.587. The molecule has 0 fully saturated rings. The number of rotatable bonds is 2. The number of aliphatic hydroxyl groups excluding tert-OH is 1. The van der Waals surface area contributed by atoms with Crippen molar-refractivity contribution in [1.29, 1.82) is 0 Å². The Hall–Kier alpha value is -2.19. The average Bonchev–Trinajstić information content (AvgIpc) is 2.36. The Morgan fingerprint density at radius 3 is 2.82 bits per heavy atom. The first-order valence-electron chi connectivity index (χ1n) is 4.84. The molecule has 5 nitrogen and oxygen atoms in total. The standard InChI is InChI=1S/C12H13NO4/c1-16-11-6-5-9(4-3-7-14)8-10(11)13-12(15)17-2/h5-6,8,14H,7H2,1-2H3,(H,13,15). The maximum Gasteiger partial charge on any atom is 0.411 e. The van der Waals surface area contributed by atoms with Crippen molar-refractivity contribution in [2.75, 3.05) is 26.1 Å². The molecule has 0 heterocycles. The van der Waals surface area contributed by atoms with E-state index in [1.54, 1.807) is 18.2 Å². The molecule has 1 aromatic rings. The summed E-state index contributed by atoms with van der Waals surface area (Å²) in [7, 11) is 2.77. The molecule has 0 aliphatic heterocycles. The summed E-state index contributed by atoms with van der Waals surface area (Å²) in [5.74, 6) is 5.75. The molecule has 0 saturated carbocycles. The normalized spacial score (nSPS) is 8.88. The minimum atomic E-state index is -0.587. The summed E-state index contributed by atoms with van der Waals surface area (Å²) < 4.78 is 9.58. The van der Waals surface area contributed by atoms with Gasteiger partial charge in [0.15, 0.2) is 0 Å². The highest BCUT2D eigenvalue weighted by atomic mass is 16.5. The van der Waals surface area contributed by atoms with Crippen LogP contribution in [0.5, 0.6) is 5.75 Å². The topological polar surface area (TPSA) is 67.8 Å². The molecular formula is C12H13NO4. The second kappa shape index (κ2) is 6.40. The highest BCUT2D eigenvalue weighted by molar-refractivity contribution is 5.87. The van der Waals surface area contributed by atoms with Crippen molar-refractivity contribution in [1.82, 2.24) is 0 Å². The van der Waals surface area contributed by atoms with Gasteiger partial charge in [0.1, 0.15) is 12.4 Å². The van der Waals surface area contributed by atoms with Gasteiger partial charge in [0, 0.05) is 5.56 Å². The molecule has 0 saturated heterocycles. The molecule has 0 spiro atoms. The number of carbonyl (C=O) groups is 1. The number of benzene rings is 1. The number of ether oxygens (including phenoxy) is 2. The van der Waals surface area contributed by atoms with Gasteiger partial charge < -0.3 is 14.6 Å². The van der Waals surface area contributed by atoms with Crippen LogP contribution in [0, 0.1) is 11.8 Å². The van der Waals surface area contributed by atoms with E-state index in [1.807, 2.05) is 0 Å². The Morgan fingerprint density at radius 2 is 2.24 bits per heavy atom. The summed E-state index contributed by atoms with van der Waals surface area (Å²) in [5, 5.41) is 11.1. The van der Waals surface area contributed by atoms with E-state index in [-0.39, 0.29) is 6.61 Å². The maximum absolute atomic E-state index is 11.1. The predicted molar refractivity (Wildman–Crippen MR) is 63.0 cm³/mol. The average molecular weight is 235 g/mol. The number of hydrogen-bond donors (Lipinski definition) is 2. The Bertz CT molecular complexity index is 459. The second-order valence-corrected chi connectivity index (χ2v) is 2.99. The van der Waals surface area contributed by atoms with E-state index >= 15 is 0 Å². The monoisotopic (exact) mass is 235 g/mol. The summed E-state index contributed by atoms with van der Waals surface area (Å²) in [6, 6.07) is 5.04. The van der Waals surface area contributed by atoms with Gasteiger partial charge in [-0.3, -0.25) is 5.32 Å². The zero-order chi connectivity index (χ0) is 12.7. The van der Waals surface area contributed by atoms with Gasteiger partial charge >= 0.3 is 6.09 Å². The number of carbonyl (C=O) groups excluding carboxylic acids is 1. The van der Waals surface area contributed by atoms with Crippen molar-refractivity contribution in [3.63, 3.8) is 0 Å². The summed E-state index contributed by atoms with van der Waals surface area (Å²) in [4.78, 5) is 11.1. The van der Waals surface area contributed by atoms with Crippen LogP contribution in [0.1, 0.15) is 5.56 Å². The summed E-state index contributed by atoms with van der Waals surface area (Å²) in [5.41, 5.74) is 1.12. The first kappa shape index (κ1) is 12.9. The third kappa shape index (κ3) is 3.70. The maximum atomic E-state index is 11.1. The van der Waals surface area contributed by atoms with Crippen molar-refractivity contribution in [2.45, 2.75) is 0 Å². The lowest BCUT2D eigenvalue weighted by atomic mass is 10.2.